The Morgan fingerprint density at radius 2 is 2.19 bits per heavy atom. The van der Waals surface area contributed by atoms with E-state index in [9.17, 15) is 9.59 Å². The Bertz CT molecular complexity index is 383. The number of aliphatic carboxylic acids is 1. The van der Waals surface area contributed by atoms with Crippen molar-refractivity contribution in [3.8, 4) is 0 Å². The van der Waals surface area contributed by atoms with E-state index >= 15 is 0 Å². The van der Waals surface area contributed by atoms with Gasteiger partial charge in [-0.25, -0.2) is 0 Å². The molecule has 0 saturated carbocycles. The van der Waals surface area contributed by atoms with Crippen molar-refractivity contribution >= 4 is 11.9 Å². The Morgan fingerprint density at radius 3 is 2.69 bits per heavy atom. The molecule has 0 aromatic carbocycles. The summed E-state index contributed by atoms with van der Waals surface area (Å²) < 4.78 is 5.23. The molecule has 16 heavy (non-hydrogen) atoms. The third-order valence-corrected chi connectivity index (χ3v) is 2.16. The van der Waals surface area contributed by atoms with Crippen LogP contribution in [0.25, 0.3) is 0 Å². The minimum absolute atomic E-state index is 0.133. The SMILES string of the molecule is Cc1ccc(CC(=O)NCC(C)C(=O)O)o1. The number of hydrogen-bond acceptors (Lipinski definition) is 3. The summed E-state index contributed by atoms with van der Waals surface area (Å²) in [6.07, 6.45) is 0.139. The first-order valence-corrected chi connectivity index (χ1v) is 5.04. The summed E-state index contributed by atoms with van der Waals surface area (Å²) in [5, 5.41) is 11.2. The fourth-order valence-corrected chi connectivity index (χ4v) is 1.16. The van der Waals surface area contributed by atoms with Gasteiger partial charge in [-0.2, -0.15) is 0 Å². The van der Waals surface area contributed by atoms with Crippen molar-refractivity contribution in [3.63, 3.8) is 0 Å². The molecular formula is C11H15NO4. The smallest absolute Gasteiger partial charge is 0.308 e. The third-order valence-electron chi connectivity index (χ3n) is 2.16. The molecule has 1 aromatic heterocycles. The van der Waals surface area contributed by atoms with Gasteiger partial charge in [0.05, 0.1) is 12.3 Å². The second-order valence-corrected chi connectivity index (χ2v) is 3.73. The van der Waals surface area contributed by atoms with E-state index in [-0.39, 0.29) is 18.9 Å². The highest BCUT2D eigenvalue weighted by atomic mass is 16.4. The molecule has 5 heteroatoms. The van der Waals surface area contributed by atoms with E-state index < -0.39 is 11.9 Å². The molecule has 1 aromatic rings. The summed E-state index contributed by atoms with van der Waals surface area (Å²) in [6.45, 7) is 3.47. The number of aryl methyl sites for hydroxylation is 1. The zero-order chi connectivity index (χ0) is 12.1. The first-order chi connectivity index (χ1) is 7.49. The molecule has 2 N–H and O–H groups in total. The van der Waals surface area contributed by atoms with E-state index in [1.165, 1.54) is 0 Å². The van der Waals surface area contributed by atoms with E-state index in [2.05, 4.69) is 5.32 Å². The third kappa shape index (κ3) is 3.76. The number of hydrogen-bond donors (Lipinski definition) is 2. The number of rotatable bonds is 5. The number of carboxylic acids is 1. The predicted octanol–water partition coefficient (Wildman–Crippen LogP) is 0.967. The molecule has 0 aliphatic carbocycles. The van der Waals surface area contributed by atoms with Gasteiger partial charge < -0.3 is 14.8 Å². The van der Waals surface area contributed by atoms with Crippen LogP contribution >= 0.6 is 0 Å². The summed E-state index contributed by atoms with van der Waals surface area (Å²) in [7, 11) is 0. The van der Waals surface area contributed by atoms with Gasteiger partial charge in [0.15, 0.2) is 0 Å². The highest BCUT2D eigenvalue weighted by Crippen LogP contribution is 2.06. The minimum Gasteiger partial charge on any atom is -0.481 e. The van der Waals surface area contributed by atoms with Crippen LogP contribution in [0, 0.1) is 12.8 Å². The van der Waals surface area contributed by atoms with Crippen LogP contribution in [-0.4, -0.2) is 23.5 Å². The molecule has 0 aliphatic heterocycles. The first-order valence-electron chi connectivity index (χ1n) is 5.04. The highest BCUT2D eigenvalue weighted by Gasteiger charge is 2.13. The van der Waals surface area contributed by atoms with Gasteiger partial charge in [-0.1, -0.05) is 6.92 Å². The lowest BCUT2D eigenvalue weighted by molar-refractivity contribution is -0.141. The first kappa shape index (κ1) is 12.3. The van der Waals surface area contributed by atoms with Crippen LogP contribution in [0.4, 0.5) is 0 Å². The van der Waals surface area contributed by atoms with Crippen molar-refractivity contribution in [1.29, 1.82) is 0 Å². The van der Waals surface area contributed by atoms with Crippen molar-refractivity contribution in [1.82, 2.24) is 5.32 Å². The van der Waals surface area contributed by atoms with Crippen LogP contribution in [0.2, 0.25) is 0 Å². The molecule has 1 amide bonds. The molecule has 5 nitrogen and oxygen atoms in total. The van der Waals surface area contributed by atoms with Gasteiger partial charge in [0.2, 0.25) is 5.91 Å². The Balaban J connectivity index is 2.34. The van der Waals surface area contributed by atoms with E-state index in [1.807, 2.05) is 0 Å². The normalized spacial score (nSPS) is 12.1. The molecule has 1 atom stereocenters. The van der Waals surface area contributed by atoms with Crippen molar-refractivity contribution in [2.24, 2.45) is 5.92 Å². The maximum atomic E-state index is 11.4. The molecule has 0 aliphatic rings. The summed E-state index contributed by atoms with van der Waals surface area (Å²) >= 11 is 0. The molecule has 0 saturated heterocycles. The summed E-state index contributed by atoms with van der Waals surface area (Å²) in [5.74, 6) is -0.404. The zero-order valence-electron chi connectivity index (χ0n) is 9.32. The second kappa shape index (κ2) is 5.34. The van der Waals surface area contributed by atoms with E-state index in [4.69, 9.17) is 9.52 Å². The molecule has 0 spiro atoms. The number of carboxylic acid groups (broad SMARTS) is 1. The number of carbonyl (C=O) groups is 2. The quantitative estimate of drug-likeness (QED) is 0.782. The summed E-state index contributed by atoms with van der Waals surface area (Å²) in [5.41, 5.74) is 0. The van der Waals surface area contributed by atoms with Gasteiger partial charge in [0.25, 0.3) is 0 Å². The number of amides is 1. The van der Waals surface area contributed by atoms with Crippen molar-refractivity contribution in [2.75, 3.05) is 6.54 Å². The van der Waals surface area contributed by atoms with Crippen LogP contribution in [0.1, 0.15) is 18.4 Å². The molecule has 0 fully saturated rings. The number of furan rings is 1. The number of nitrogens with one attached hydrogen (secondary N) is 1. The minimum atomic E-state index is -0.922. The Kier molecular flexibility index (Phi) is 4.10. The Morgan fingerprint density at radius 1 is 1.50 bits per heavy atom. The highest BCUT2D eigenvalue weighted by molar-refractivity contribution is 5.78. The fraction of sp³-hybridized carbons (Fsp3) is 0.455. The van der Waals surface area contributed by atoms with Crippen molar-refractivity contribution in [3.05, 3.63) is 23.7 Å². The lowest BCUT2D eigenvalue weighted by Crippen LogP contribution is -2.32. The van der Waals surface area contributed by atoms with Crippen LogP contribution in [0.15, 0.2) is 16.5 Å². The molecule has 0 bridgehead atoms. The van der Waals surface area contributed by atoms with E-state index in [1.54, 1.807) is 26.0 Å². The molecule has 1 heterocycles. The lowest BCUT2D eigenvalue weighted by Gasteiger charge is -2.07. The van der Waals surface area contributed by atoms with Crippen molar-refractivity contribution < 1.29 is 19.1 Å². The van der Waals surface area contributed by atoms with Gasteiger partial charge in [0, 0.05) is 6.54 Å². The van der Waals surface area contributed by atoms with Crippen LogP contribution in [0.5, 0.6) is 0 Å². The van der Waals surface area contributed by atoms with E-state index in [0.29, 0.717) is 5.76 Å². The van der Waals surface area contributed by atoms with Gasteiger partial charge in [0.1, 0.15) is 11.5 Å². The van der Waals surface area contributed by atoms with Gasteiger partial charge in [-0.05, 0) is 19.1 Å². The molecule has 88 valence electrons. The summed E-state index contributed by atoms with van der Waals surface area (Å²) in [4.78, 5) is 21.9. The molecule has 1 unspecified atom stereocenters. The predicted molar refractivity (Wildman–Crippen MR) is 57.0 cm³/mol. The van der Waals surface area contributed by atoms with Gasteiger partial charge in [-0.3, -0.25) is 9.59 Å². The molecule has 1 rings (SSSR count). The van der Waals surface area contributed by atoms with Gasteiger partial charge in [-0.15, -0.1) is 0 Å². The maximum absolute atomic E-state index is 11.4. The maximum Gasteiger partial charge on any atom is 0.308 e. The Labute approximate surface area is 93.4 Å². The van der Waals surface area contributed by atoms with Crippen molar-refractivity contribution in [2.45, 2.75) is 20.3 Å². The Hall–Kier alpha value is -1.78. The van der Waals surface area contributed by atoms with Crippen LogP contribution in [0.3, 0.4) is 0 Å². The zero-order valence-corrected chi connectivity index (χ0v) is 9.32. The molecular weight excluding hydrogens is 210 g/mol. The standard InChI is InChI=1S/C11H15NO4/c1-7(11(14)15)6-12-10(13)5-9-4-3-8(2)16-9/h3-4,7H,5-6H2,1-2H3,(H,12,13)(H,14,15). The fourth-order valence-electron chi connectivity index (χ4n) is 1.16. The topological polar surface area (TPSA) is 79.5 Å². The largest absolute Gasteiger partial charge is 0.481 e. The number of carbonyl (C=O) groups excluding carboxylic acids is 1. The van der Waals surface area contributed by atoms with E-state index in [0.717, 1.165) is 5.76 Å². The van der Waals surface area contributed by atoms with Gasteiger partial charge >= 0.3 is 5.97 Å². The lowest BCUT2D eigenvalue weighted by atomic mass is 10.2. The summed E-state index contributed by atoms with van der Waals surface area (Å²) in [6, 6.07) is 3.51. The molecule has 0 radical (unpaired) electrons. The average Bonchev–Trinajstić information content (AvgIpc) is 2.60. The van der Waals surface area contributed by atoms with Crippen LogP contribution in [-0.2, 0) is 16.0 Å². The van der Waals surface area contributed by atoms with Crippen LogP contribution < -0.4 is 5.32 Å². The average molecular weight is 225 g/mol. The second-order valence-electron chi connectivity index (χ2n) is 3.73. The monoisotopic (exact) mass is 225 g/mol.